The molecule has 0 atom stereocenters. The number of hydrogen-bond donors (Lipinski definition) is 0. The first-order chi connectivity index (χ1) is 7.26. The molecular weight excluding hydrogens is 232 g/mol. The highest BCUT2D eigenvalue weighted by atomic mass is 35.5. The Morgan fingerprint density at radius 2 is 2.13 bits per heavy atom. The molecule has 0 bridgehead atoms. The summed E-state index contributed by atoms with van der Waals surface area (Å²) in [5.41, 5.74) is 0.796. The second kappa shape index (κ2) is 4.24. The van der Waals surface area contributed by atoms with Gasteiger partial charge in [-0.1, -0.05) is 11.6 Å². The van der Waals surface area contributed by atoms with Gasteiger partial charge in [-0.15, -0.1) is 11.8 Å². The van der Waals surface area contributed by atoms with E-state index in [0.29, 0.717) is 5.15 Å². The first-order valence-electron chi connectivity index (χ1n) is 4.28. The molecular formula is C10H9ClN2OS. The molecule has 0 amide bonds. The van der Waals surface area contributed by atoms with E-state index >= 15 is 0 Å². The zero-order valence-corrected chi connectivity index (χ0v) is 9.89. The van der Waals surface area contributed by atoms with Crippen LogP contribution in [0.5, 0.6) is 5.75 Å². The monoisotopic (exact) mass is 240 g/mol. The molecule has 0 aliphatic carbocycles. The molecule has 0 saturated carbocycles. The van der Waals surface area contributed by atoms with Crippen LogP contribution in [0.3, 0.4) is 0 Å². The van der Waals surface area contributed by atoms with Crippen molar-refractivity contribution >= 4 is 34.3 Å². The summed E-state index contributed by atoms with van der Waals surface area (Å²) in [5.74, 6) is 0.810. The molecule has 2 aromatic rings. The summed E-state index contributed by atoms with van der Waals surface area (Å²) >= 11 is 7.58. The number of nitrogens with zero attached hydrogens (tertiary/aromatic N) is 2. The smallest absolute Gasteiger partial charge is 0.140 e. The van der Waals surface area contributed by atoms with Crippen LogP contribution in [0.15, 0.2) is 23.4 Å². The van der Waals surface area contributed by atoms with Crippen LogP contribution in [0.1, 0.15) is 0 Å². The van der Waals surface area contributed by atoms with Crippen LogP contribution in [-0.4, -0.2) is 23.3 Å². The van der Waals surface area contributed by atoms with Gasteiger partial charge in [-0.25, -0.2) is 9.97 Å². The normalized spacial score (nSPS) is 10.6. The van der Waals surface area contributed by atoms with E-state index in [1.165, 1.54) is 6.33 Å². The van der Waals surface area contributed by atoms with Crippen LogP contribution in [-0.2, 0) is 0 Å². The fraction of sp³-hybridized carbons (Fsp3) is 0.200. The van der Waals surface area contributed by atoms with Gasteiger partial charge in [-0.05, 0) is 12.3 Å². The largest absolute Gasteiger partial charge is 0.496 e. The van der Waals surface area contributed by atoms with E-state index in [9.17, 15) is 0 Å². The summed E-state index contributed by atoms with van der Waals surface area (Å²) in [6.45, 7) is 0. The second-order valence-electron chi connectivity index (χ2n) is 2.89. The lowest BCUT2D eigenvalue weighted by Gasteiger charge is -2.07. The zero-order valence-electron chi connectivity index (χ0n) is 8.32. The predicted molar refractivity (Wildman–Crippen MR) is 62.9 cm³/mol. The Kier molecular flexibility index (Phi) is 2.98. The van der Waals surface area contributed by atoms with Crippen molar-refractivity contribution in [3.05, 3.63) is 23.6 Å². The first kappa shape index (κ1) is 10.5. The summed E-state index contributed by atoms with van der Waals surface area (Å²) in [7, 11) is 1.64. The molecule has 0 spiro atoms. The van der Waals surface area contributed by atoms with Crippen molar-refractivity contribution < 1.29 is 4.74 Å². The fourth-order valence-corrected chi connectivity index (χ4v) is 2.13. The molecule has 0 saturated heterocycles. The Balaban J connectivity index is 2.75. The van der Waals surface area contributed by atoms with E-state index in [2.05, 4.69) is 9.97 Å². The molecule has 0 radical (unpaired) electrons. The van der Waals surface area contributed by atoms with E-state index in [-0.39, 0.29) is 0 Å². The molecule has 0 fully saturated rings. The molecule has 0 N–H and O–H groups in total. The van der Waals surface area contributed by atoms with Crippen molar-refractivity contribution in [2.24, 2.45) is 0 Å². The molecule has 15 heavy (non-hydrogen) atoms. The van der Waals surface area contributed by atoms with E-state index < -0.39 is 0 Å². The number of rotatable bonds is 2. The molecule has 0 aliphatic heterocycles. The fourth-order valence-electron chi connectivity index (χ4n) is 1.35. The van der Waals surface area contributed by atoms with E-state index in [1.54, 1.807) is 18.9 Å². The molecule has 2 rings (SSSR count). The molecule has 0 aliphatic rings. The maximum absolute atomic E-state index is 5.98. The quantitative estimate of drug-likeness (QED) is 0.597. The third kappa shape index (κ3) is 1.87. The molecule has 0 unspecified atom stereocenters. The maximum Gasteiger partial charge on any atom is 0.140 e. The molecule has 1 heterocycles. The Morgan fingerprint density at radius 3 is 2.80 bits per heavy atom. The molecule has 5 heteroatoms. The molecule has 1 aromatic carbocycles. The van der Waals surface area contributed by atoms with Gasteiger partial charge in [0.05, 0.1) is 12.6 Å². The summed E-state index contributed by atoms with van der Waals surface area (Å²) in [5, 5.41) is 1.32. The highest BCUT2D eigenvalue weighted by molar-refractivity contribution is 7.98. The van der Waals surface area contributed by atoms with E-state index in [1.807, 2.05) is 18.4 Å². The third-order valence-electron chi connectivity index (χ3n) is 2.09. The predicted octanol–water partition coefficient (Wildman–Crippen LogP) is 3.01. The Labute approximate surface area is 96.8 Å². The minimum absolute atomic E-state index is 0.470. The zero-order chi connectivity index (χ0) is 10.8. The molecule has 3 nitrogen and oxygen atoms in total. The number of fused-ring (bicyclic) bond motifs is 1. The van der Waals surface area contributed by atoms with Gasteiger partial charge in [0.15, 0.2) is 0 Å². The number of ether oxygens (including phenoxy) is 1. The summed E-state index contributed by atoms with van der Waals surface area (Å²) < 4.78 is 5.26. The minimum atomic E-state index is 0.470. The van der Waals surface area contributed by atoms with Crippen molar-refractivity contribution in [3.8, 4) is 5.75 Å². The number of hydrogen-bond acceptors (Lipinski definition) is 4. The lowest BCUT2D eigenvalue weighted by molar-refractivity contribution is 0.405. The number of thioether (sulfide) groups is 1. The summed E-state index contributed by atoms with van der Waals surface area (Å²) in [4.78, 5) is 9.11. The van der Waals surface area contributed by atoms with Gasteiger partial charge in [0.2, 0.25) is 0 Å². The van der Waals surface area contributed by atoms with Gasteiger partial charge in [-0.3, -0.25) is 0 Å². The van der Waals surface area contributed by atoms with Crippen LogP contribution in [0.25, 0.3) is 10.9 Å². The molecule has 1 aromatic heterocycles. The summed E-state index contributed by atoms with van der Waals surface area (Å²) in [6, 6.07) is 3.82. The number of aromatic nitrogens is 2. The first-order valence-corrected chi connectivity index (χ1v) is 5.88. The Bertz CT molecular complexity index is 504. The Hall–Kier alpha value is -1.000. The van der Waals surface area contributed by atoms with Crippen molar-refractivity contribution in [2.45, 2.75) is 4.90 Å². The van der Waals surface area contributed by atoms with Crippen molar-refractivity contribution in [3.63, 3.8) is 0 Å². The Morgan fingerprint density at radius 1 is 1.33 bits per heavy atom. The van der Waals surface area contributed by atoms with Gasteiger partial charge in [0.1, 0.15) is 17.2 Å². The minimum Gasteiger partial charge on any atom is -0.496 e. The van der Waals surface area contributed by atoms with E-state index in [0.717, 1.165) is 21.5 Å². The van der Waals surface area contributed by atoms with Crippen LogP contribution in [0, 0.1) is 0 Å². The van der Waals surface area contributed by atoms with Gasteiger partial charge < -0.3 is 4.74 Å². The second-order valence-corrected chi connectivity index (χ2v) is 4.09. The van der Waals surface area contributed by atoms with E-state index in [4.69, 9.17) is 16.3 Å². The maximum atomic E-state index is 5.98. The van der Waals surface area contributed by atoms with Crippen LogP contribution < -0.4 is 4.74 Å². The van der Waals surface area contributed by atoms with Gasteiger partial charge in [0, 0.05) is 16.3 Å². The number of methoxy groups -OCH3 is 1. The average Bonchev–Trinajstić information content (AvgIpc) is 2.28. The van der Waals surface area contributed by atoms with Crippen molar-refractivity contribution in [1.82, 2.24) is 9.97 Å². The topological polar surface area (TPSA) is 35.0 Å². The standard InChI is InChI=1S/C10H9ClN2OS/c1-14-8-4-7-6(3-9(8)15-2)10(11)13-5-12-7/h3-5H,1-2H3. The average molecular weight is 241 g/mol. The van der Waals surface area contributed by atoms with Crippen LogP contribution >= 0.6 is 23.4 Å². The van der Waals surface area contributed by atoms with Crippen molar-refractivity contribution in [2.75, 3.05) is 13.4 Å². The SMILES string of the molecule is COc1cc2ncnc(Cl)c2cc1SC. The van der Waals surface area contributed by atoms with Crippen LogP contribution in [0.4, 0.5) is 0 Å². The lowest BCUT2D eigenvalue weighted by Crippen LogP contribution is -1.89. The highest BCUT2D eigenvalue weighted by Crippen LogP contribution is 2.33. The number of halogens is 1. The van der Waals surface area contributed by atoms with Gasteiger partial charge in [-0.2, -0.15) is 0 Å². The lowest BCUT2D eigenvalue weighted by atomic mass is 10.2. The molecule has 78 valence electrons. The van der Waals surface area contributed by atoms with Crippen molar-refractivity contribution in [1.29, 1.82) is 0 Å². The number of benzene rings is 1. The van der Waals surface area contributed by atoms with Crippen LogP contribution in [0.2, 0.25) is 5.15 Å². The van der Waals surface area contributed by atoms with Gasteiger partial charge >= 0.3 is 0 Å². The highest BCUT2D eigenvalue weighted by Gasteiger charge is 2.08. The third-order valence-corrected chi connectivity index (χ3v) is 3.15. The van der Waals surface area contributed by atoms with Gasteiger partial charge in [0.25, 0.3) is 0 Å². The summed E-state index contributed by atoms with van der Waals surface area (Å²) in [6.07, 6.45) is 3.43.